The van der Waals surface area contributed by atoms with Gasteiger partial charge in [0.15, 0.2) is 5.82 Å². The van der Waals surface area contributed by atoms with Crippen LogP contribution < -0.4 is 0 Å². The molecule has 0 aliphatic rings. The SMILES string of the molecule is Cc1cnn(-c2cc(C(=O)O)c([N+](=O)[O-])cn2)c1. The molecule has 8 heteroatoms. The van der Waals surface area contributed by atoms with E-state index in [0.717, 1.165) is 17.8 Å². The summed E-state index contributed by atoms with van der Waals surface area (Å²) in [5, 5.41) is 23.5. The minimum Gasteiger partial charge on any atom is -0.477 e. The Morgan fingerprint density at radius 2 is 2.22 bits per heavy atom. The van der Waals surface area contributed by atoms with E-state index in [0.29, 0.717) is 0 Å². The van der Waals surface area contributed by atoms with Gasteiger partial charge in [0.2, 0.25) is 0 Å². The molecule has 0 amide bonds. The fourth-order valence-electron chi connectivity index (χ4n) is 1.42. The zero-order valence-electron chi connectivity index (χ0n) is 9.27. The predicted octanol–water partition coefficient (Wildman–Crippen LogP) is 1.18. The van der Waals surface area contributed by atoms with Crippen molar-refractivity contribution in [2.75, 3.05) is 0 Å². The molecule has 0 spiro atoms. The van der Waals surface area contributed by atoms with Crippen LogP contribution in [0, 0.1) is 17.0 Å². The number of pyridine rings is 1. The lowest BCUT2D eigenvalue weighted by atomic mass is 10.2. The van der Waals surface area contributed by atoms with Gasteiger partial charge in [0.25, 0.3) is 0 Å². The van der Waals surface area contributed by atoms with Crippen LogP contribution in [0.4, 0.5) is 5.69 Å². The molecule has 0 fully saturated rings. The minimum atomic E-state index is -1.38. The summed E-state index contributed by atoms with van der Waals surface area (Å²) in [6, 6.07) is 1.12. The Labute approximate surface area is 101 Å². The molecular weight excluding hydrogens is 240 g/mol. The molecule has 2 heterocycles. The summed E-state index contributed by atoms with van der Waals surface area (Å²) in [6.07, 6.45) is 4.12. The number of nitro groups is 1. The second-order valence-corrected chi connectivity index (χ2v) is 3.58. The van der Waals surface area contributed by atoms with Crippen LogP contribution in [0.1, 0.15) is 15.9 Å². The van der Waals surface area contributed by atoms with Crippen LogP contribution in [0.5, 0.6) is 0 Å². The fraction of sp³-hybridized carbons (Fsp3) is 0.100. The summed E-state index contributed by atoms with van der Waals surface area (Å²) in [6.45, 7) is 1.81. The molecular formula is C10H8N4O4. The van der Waals surface area contributed by atoms with Crippen molar-refractivity contribution in [2.24, 2.45) is 0 Å². The summed E-state index contributed by atoms with van der Waals surface area (Å²) in [7, 11) is 0. The maximum Gasteiger partial charge on any atom is 0.342 e. The summed E-state index contributed by atoms with van der Waals surface area (Å²) >= 11 is 0. The van der Waals surface area contributed by atoms with E-state index in [1.54, 1.807) is 12.4 Å². The number of hydrogen-bond acceptors (Lipinski definition) is 5. The standard InChI is InChI=1S/C10H8N4O4/c1-6-3-12-13(5-6)9-2-7(10(15)16)8(4-11-9)14(17)18/h2-5H,1H3,(H,15,16). The maximum atomic E-state index is 11.0. The molecule has 0 unspecified atom stereocenters. The Morgan fingerprint density at radius 3 is 2.72 bits per heavy atom. The first-order valence-electron chi connectivity index (χ1n) is 4.88. The largest absolute Gasteiger partial charge is 0.477 e. The highest BCUT2D eigenvalue weighted by Gasteiger charge is 2.21. The van der Waals surface area contributed by atoms with E-state index in [-0.39, 0.29) is 5.82 Å². The number of aromatic carboxylic acids is 1. The summed E-state index contributed by atoms with van der Waals surface area (Å²) in [5.74, 6) is -1.17. The average Bonchev–Trinajstić information content (AvgIpc) is 2.75. The van der Waals surface area contributed by atoms with E-state index in [1.165, 1.54) is 4.68 Å². The van der Waals surface area contributed by atoms with E-state index < -0.39 is 22.1 Å². The number of carboxylic acid groups (broad SMARTS) is 1. The fourth-order valence-corrected chi connectivity index (χ4v) is 1.42. The van der Waals surface area contributed by atoms with Gasteiger partial charge in [0.1, 0.15) is 11.8 Å². The van der Waals surface area contributed by atoms with E-state index in [9.17, 15) is 14.9 Å². The molecule has 92 valence electrons. The average molecular weight is 248 g/mol. The Hall–Kier alpha value is -2.77. The third-order valence-corrected chi connectivity index (χ3v) is 2.24. The number of aryl methyl sites for hydroxylation is 1. The number of carboxylic acids is 1. The third kappa shape index (κ3) is 2.03. The van der Waals surface area contributed by atoms with Crippen molar-refractivity contribution >= 4 is 11.7 Å². The van der Waals surface area contributed by atoms with Crippen LogP contribution in [0.2, 0.25) is 0 Å². The van der Waals surface area contributed by atoms with E-state index in [1.807, 2.05) is 6.92 Å². The van der Waals surface area contributed by atoms with Crippen LogP contribution in [0.25, 0.3) is 5.82 Å². The number of nitrogens with zero attached hydrogens (tertiary/aromatic N) is 4. The van der Waals surface area contributed by atoms with Crippen molar-refractivity contribution < 1.29 is 14.8 Å². The molecule has 0 aliphatic carbocycles. The van der Waals surface area contributed by atoms with Gasteiger partial charge in [0.05, 0.1) is 11.1 Å². The summed E-state index contributed by atoms with van der Waals surface area (Å²) in [4.78, 5) is 24.6. The minimum absolute atomic E-state index is 0.214. The molecule has 1 N–H and O–H groups in total. The Bertz CT molecular complexity index is 635. The number of rotatable bonds is 3. The third-order valence-electron chi connectivity index (χ3n) is 2.24. The van der Waals surface area contributed by atoms with Crippen molar-refractivity contribution in [3.05, 3.63) is 45.9 Å². The smallest absolute Gasteiger partial charge is 0.342 e. The van der Waals surface area contributed by atoms with Crippen LogP contribution in [0.15, 0.2) is 24.7 Å². The Kier molecular flexibility index (Phi) is 2.76. The van der Waals surface area contributed by atoms with E-state index in [2.05, 4.69) is 10.1 Å². The van der Waals surface area contributed by atoms with Crippen molar-refractivity contribution in [1.29, 1.82) is 0 Å². The molecule has 0 aliphatic heterocycles. The number of aromatic nitrogens is 3. The zero-order chi connectivity index (χ0) is 13.3. The highest BCUT2D eigenvalue weighted by Crippen LogP contribution is 2.19. The quantitative estimate of drug-likeness (QED) is 0.644. The van der Waals surface area contributed by atoms with Crippen molar-refractivity contribution in [3.8, 4) is 5.82 Å². The highest BCUT2D eigenvalue weighted by molar-refractivity contribution is 5.92. The lowest BCUT2D eigenvalue weighted by Gasteiger charge is -2.02. The van der Waals surface area contributed by atoms with Gasteiger partial charge in [-0.1, -0.05) is 0 Å². The van der Waals surface area contributed by atoms with Gasteiger partial charge in [-0.15, -0.1) is 0 Å². The van der Waals surface area contributed by atoms with Crippen LogP contribution in [0.3, 0.4) is 0 Å². The second-order valence-electron chi connectivity index (χ2n) is 3.58. The number of hydrogen-bond donors (Lipinski definition) is 1. The normalized spacial score (nSPS) is 10.3. The van der Waals surface area contributed by atoms with Gasteiger partial charge in [-0.3, -0.25) is 10.1 Å². The first kappa shape index (κ1) is 11.7. The maximum absolute atomic E-state index is 11.0. The molecule has 0 aromatic carbocycles. The van der Waals surface area contributed by atoms with Crippen molar-refractivity contribution in [2.45, 2.75) is 6.92 Å². The highest BCUT2D eigenvalue weighted by atomic mass is 16.6. The molecule has 0 saturated heterocycles. The summed E-state index contributed by atoms with van der Waals surface area (Å²) in [5.41, 5.74) is -0.0969. The van der Waals surface area contributed by atoms with Crippen LogP contribution >= 0.6 is 0 Å². The molecule has 2 aromatic heterocycles. The Morgan fingerprint density at radius 1 is 1.50 bits per heavy atom. The molecule has 18 heavy (non-hydrogen) atoms. The summed E-state index contributed by atoms with van der Waals surface area (Å²) < 4.78 is 1.35. The second kappa shape index (κ2) is 4.24. The van der Waals surface area contributed by atoms with E-state index in [4.69, 9.17) is 5.11 Å². The van der Waals surface area contributed by atoms with Crippen molar-refractivity contribution in [3.63, 3.8) is 0 Å². The lowest BCUT2D eigenvalue weighted by Crippen LogP contribution is -2.07. The monoisotopic (exact) mass is 248 g/mol. The van der Waals surface area contributed by atoms with Crippen LogP contribution in [-0.2, 0) is 0 Å². The van der Waals surface area contributed by atoms with Gasteiger partial charge in [-0.25, -0.2) is 14.5 Å². The topological polar surface area (TPSA) is 111 Å². The predicted molar refractivity (Wildman–Crippen MR) is 59.7 cm³/mol. The van der Waals surface area contributed by atoms with E-state index >= 15 is 0 Å². The molecule has 2 rings (SSSR count). The zero-order valence-corrected chi connectivity index (χ0v) is 9.27. The molecule has 2 aromatic rings. The molecule has 0 radical (unpaired) electrons. The number of carbonyl (C=O) groups is 1. The first-order chi connectivity index (χ1) is 8.49. The van der Waals surface area contributed by atoms with Gasteiger partial charge in [0, 0.05) is 12.3 Å². The lowest BCUT2D eigenvalue weighted by molar-refractivity contribution is -0.385. The van der Waals surface area contributed by atoms with Gasteiger partial charge < -0.3 is 5.11 Å². The van der Waals surface area contributed by atoms with Crippen LogP contribution in [-0.4, -0.2) is 30.8 Å². The van der Waals surface area contributed by atoms with Gasteiger partial charge in [-0.05, 0) is 12.5 Å². The van der Waals surface area contributed by atoms with Gasteiger partial charge in [-0.2, -0.15) is 5.10 Å². The molecule has 0 atom stereocenters. The molecule has 0 bridgehead atoms. The molecule has 0 saturated carbocycles. The molecule has 8 nitrogen and oxygen atoms in total. The Balaban J connectivity index is 2.56. The first-order valence-corrected chi connectivity index (χ1v) is 4.88. The van der Waals surface area contributed by atoms with Gasteiger partial charge >= 0.3 is 11.7 Å². The van der Waals surface area contributed by atoms with Crippen molar-refractivity contribution in [1.82, 2.24) is 14.8 Å².